The van der Waals surface area contributed by atoms with Crippen LogP contribution in [-0.4, -0.2) is 12.5 Å². The number of nitrogens with one attached hydrogen (secondary N) is 1. The summed E-state index contributed by atoms with van der Waals surface area (Å²) in [5, 5.41) is 4.90. The molecule has 3 nitrogen and oxygen atoms in total. The van der Waals surface area contributed by atoms with Crippen LogP contribution in [0.3, 0.4) is 0 Å². The molecule has 1 aliphatic heterocycles. The number of unbranched alkanes of at least 4 members (excludes halogenated alkanes) is 1. The third-order valence-electron chi connectivity index (χ3n) is 5.00. The van der Waals surface area contributed by atoms with Crippen LogP contribution in [0.5, 0.6) is 5.75 Å². The predicted molar refractivity (Wildman–Crippen MR) is 112 cm³/mol. The van der Waals surface area contributed by atoms with Gasteiger partial charge in [-0.25, -0.2) is 4.39 Å². The largest absolute Gasteiger partial charge is 0.493 e. The third kappa shape index (κ3) is 3.54. The zero-order valence-electron chi connectivity index (χ0n) is 15.7. The molecule has 0 unspecified atom stereocenters. The summed E-state index contributed by atoms with van der Waals surface area (Å²) in [4.78, 5) is 13.6. The van der Waals surface area contributed by atoms with Crippen LogP contribution >= 0.6 is 11.3 Å². The van der Waals surface area contributed by atoms with Crippen molar-refractivity contribution in [3.63, 3.8) is 0 Å². The molecule has 1 aromatic heterocycles. The highest BCUT2D eigenvalue weighted by atomic mass is 32.1. The van der Waals surface area contributed by atoms with Crippen molar-refractivity contribution in [2.75, 3.05) is 11.9 Å². The fraction of sp³-hybridized carbons (Fsp3) is 0.261. The van der Waals surface area contributed by atoms with E-state index >= 15 is 0 Å². The van der Waals surface area contributed by atoms with Gasteiger partial charge < -0.3 is 10.1 Å². The van der Waals surface area contributed by atoms with Crippen LogP contribution in [-0.2, 0) is 4.79 Å². The van der Waals surface area contributed by atoms with Crippen molar-refractivity contribution in [3.8, 4) is 16.9 Å². The molecule has 1 N–H and O–H groups in total. The van der Waals surface area contributed by atoms with Gasteiger partial charge in [-0.05, 0) is 18.6 Å². The Labute approximate surface area is 168 Å². The van der Waals surface area contributed by atoms with Gasteiger partial charge >= 0.3 is 0 Å². The lowest BCUT2D eigenvalue weighted by molar-refractivity contribution is -0.116. The number of halogens is 1. The highest BCUT2D eigenvalue weighted by Crippen LogP contribution is 2.48. The summed E-state index contributed by atoms with van der Waals surface area (Å²) in [6.45, 7) is 2.78. The fourth-order valence-corrected chi connectivity index (χ4v) is 4.73. The molecule has 1 atom stereocenters. The molecule has 28 heavy (non-hydrogen) atoms. The molecule has 1 aliphatic rings. The summed E-state index contributed by atoms with van der Waals surface area (Å²) < 4.78 is 20.4. The van der Waals surface area contributed by atoms with E-state index in [9.17, 15) is 9.18 Å². The molecule has 1 amide bonds. The number of anilines is 1. The molecule has 2 aromatic carbocycles. The molecule has 0 spiro atoms. The molecule has 144 valence electrons. The van der Waals surface area contributed by atoms with Crippen LogP contribution in [0.2, 0.25) is 0 Å². The Balaban J connectivity index is 1.75. The van der Waals surface area contributed by atoms with Crippen LogP contribution in [0.4, 0.5) is 10.1 Å². The summed E-state index contributed by atoms with van der Waals surface area (Å²) in [5.41, 5.74) is 2.98. The van der Waals surface area contributed by atoms with Crippen molar-refractivity contribution in [2.24, 2.45) is 0 Å². The fourth-order valence-electron chi connectivity index (χ4n) is 3.58. The molecule has 0 fully saturated rings. The monoisotopic (exact) mass is 395 g/mol. The number of amides is 1. The minimum Gasteiger partial charge on any atom is -0.493 e. The van der Waals surface area contributed by atoms with Gasteiger partial charge in [-0.1, -0.05) is 49.7 Å². The Hall–Kier alpha value is -2.66. The van der Waals surface area contributed by atoms with Crippen LogP contribution in [0.1, 0.15) is 42.5 Å². The van der Waals surface area contributed by atoms with E-state index in [1.165, 1.54) is 6.07 Å². The first-order valence-corrected chi connectivity index (χ1v) is 10.4. The number of para-hydroxylation sites is 1. The Kier molecular flexibility index (Phi) is 5.44. The van der Waals surface area contributed by atoms with Gasteiger partial charge in [-0.2, -0.15) is 0 Å². The minimum atomic E-state index is -0.289. The van der Waals surface area contributed by atoms with Gasteiger partial charge in [0.2, 0.25) is 5.91 Å². The molecule has 2 heterocycles. The molecule has 0 aliphatic carbocycles. The maximum Gasteiger partial charge on any atom is 0.225 e. The van der Waals surface area contributed by atoms with Crippen molar-refractivity contribution in [1.29, 1.82) is 0 Å². The highest BCUT2D eigenvalue weighted by molar-refractivity contribution is 7.11. The molecular weight excluding hydrogens is 373 g/mol. The first kappa shape index (κ1) is 18.7. The average Bonchev–Trinajstić information content (AvgIpc) is 3.12. The highest BCUT2D eigenvalue weighted by Gasteiger charge is 2.32. The number of ether oxygens (including phenoxy) is 1. The van der Waals surface area contributed by atoms with Gasteiger partial charge in [-0.3, -0.25) is 4.79 Å². The van der Waals surface area contributed by atoms with Crippen LogP contribution < -0.4 is 10.1 Å². The van der Waals surface area contributed by atoms with Gasteiger partial charge in [0, 0.05) is 39.3 Å². The zero-order chi connectivity index (χ0) is 19.5. The normalized spacial score (nSPS) is 15.8. The minimum absolute atomic E-state index is 0.0585. The lowest BCUT2D eigenvalue weighted by Crippen LogP contribution is -2.23. The van der Waals surface area contributed by atoms with E-state index in [1.807, 2.05) is 35.7 Å². The Morgan fingerprint density at radius 3 is 2.75 bits per heavy atom. The summed E-state index contributed by atoms with van der Waals surface area (Å²) in [5.74, 6) is 0.383. The Morgan fingerprint density at radius 2 is 1.93 bits per heavy atom. The lowest BCUT2D eigenvalue weighted by Gasteiger charge is -2.25. The van der Waals surface area contributed by atoms with Gasteiger partial charge in [0.25, 0.3) is 0 Å². The van der Waals surface area contributed by atoms with E-state index in [-0.39, 0.29) is 17.6 Å². The van der Waals surface area contributed by atoms with E-state index < -0.39 is 0 Å². The summed E-state index contributed by atoms with van der Waals surface area (Å²) in [7, 11) is 0. The molecule has 0 radical (unpaired) electrons. The maximum absolute atomic E-state index is 14.3. The van der Waals surface area contributed by atoms with Crippen molar-refractivity contribution in [2.45, 2.75) is 32.1 Å². The average molecular weight is 395 g/mol. The first-order chi connectivity index (χ1) is 13.7. The summed E-state index contributed by atoms with van der Waals surface area (Å²) >= 11 is 1.56. The van der Waals surface area contributed by atoms with Crippen LogP contribution in [0, 0.1) is 5.82 Å². The van der Waals surface area contributed by atoms with Crippen molar-refractivity contribution in [1.82, 2.24) is 0 Å². The number of carbonyl (C=O) groups is 1. The molecule has 5 heteroatoms. The molecular formula is C23H22FNO2S. The number of fused-ring (bicyclic) bond motifs is 1. The van der Waals surface area contributed by atoms with E-state index in [4.69, 9.17) is 4.74 Å². The SMILES string of the molecule is CCCCOc1ccccc1[C@@H]1CC(=O)Nc2c(-c3ccccc3F)csc21. The van der Waals surface area contributed by atoms with Gasteiger partial charge in [0.1, 0.15) is 11.6 Å². The van der Waals surface area contributed by atoms with Crippen LogP contribution in [0.15, 0.2) is 53.9 Å². The zero-order valence-corrected chi connectivity index (χ0v) is 16.5. The number of thiophene rings is 1. The second-order valence-corrected chi connectivity index (χ2v) is 7.82. The first-order valence-electron chi connectivity index (χ1n) is 9.57. The molecule has 3 aromatic rings. The number of carbonyl (C=O) groups excluding carboxylic acids is 1. The third-order valence-corrected chi connectivity index (χ3v) is 6.10. The topological polar surface area (TPSA) is 38.3 Å². The predicted octanol–water partition coefficient (Wildman–Crippen LogP) is 6.21. The smallest absolute Gasteiger partial charge is 0.225 e. The number of hydrogen-bond acceptors (Lipinski definition) is 3. The summed E-state index contributed by atoms with van der Waals surface area (Å²) in [6, 6.07) is 14.6. The van der Waals surface area contributed by atoms with Gasteiger partial charge in [0.05, 0.1) is 12.3 Å². The second kappa shape index (κ2) is 8.15. The Bertz CT molecular complexity index is 998. The second-order valence-electron chi connectivity index (χ2n) is 6.91. The standard InChI is InChI=1S/C23H22FNO2S/c1-2-3-12-27-20-11-7-5-9-16(20)17-13-21(26)25-22-18(14-28-23(17)22)15-8-4-6-10-19(15)24/h4-11,14,17H,2-3,12-13H2,1H3,(H,25,26)/t17-/m0/s1. The molecule has 4 rings (SSSR count). The Morgan fingerprint density at radius 1 is 1.14 bits per heavy atom. The van der Waals surface area contributed by atoms with E-state index in [2.05, 4.69) is 12.2 Å². The molecule has 0 bridgehead atoms. The molecule has 0 saturated heterocycles. The van der Waals surface area contributed by atoms with Crippen molar-refractivity contribution < 1.29 is 13.9 Å². The number of hydrogen-bond donors (Lipinski definition) is 1. The van der Waals surface area contributed by atoms with E-state index in [0.29, 0.717) is 18.6 Å². The van der Waals surface area contributed by atoms with E-state index in [1.54, 1.807) is 23.5 Å². The van der Waals surface area contributed by atoms with Gasteiger partial charge in [-0.15, -0.1) is 11.3 Å². The van der Waals surface area contributed by atoms with Crippen molar-refractivity contribution >= 4 is 22.9 Å². The number of rotatable bonds is 6. The van der Waals surface area contributed by atoms with Crippen LogP contribution in [0.25, 0.3) is 11.1 Å². The van der Waals surface area contributed by atoms with Crippen molar-refractivity contribution in [3.05, 3.63) is 70.2 Å². The quantitative estimate of drug-likeness (QED) is 0.504. The van der Waals surface area contributed by atoms with Gasteiger partial charge in [0.15, 0.2) is 0 Å². The van der Waals surface area contributed by atoms with E-state index in [0.717, 1.165) is 40.3 Å². The maximum atomic E-state index is 14.3. The molecule has 0 saturated carbocycles. The lowest BCUT2D eigenvalue weighted by atomic mass is 9.88. The number of benzene rings is 2. The summed E-state index contributed by atoms with van der Waals surface area (Å²) in [6.07, 6.45) is 2.41.